The van der Waals surface area contributed by atoms with Crippen LogP contribution < -0.4 is 0 Å². The second-order valence-corrected chi connectivity index (χ2v) is 15.4. The second kappa shape index (κ2) is 9.08. The van der Waals surface area contributed by atoms with E-state index in [1.54, 1.807) is 0 Å². The van der Waals surface area contributed by atoms with E-state index in [2.05, 4.69) is 33.0 Å². The molecule has 0 atom stereocenters. The van der Waals surface area contributed by atoms with Gasteiger partial charge in [0.25, 0.3) is 0 Å². The monoisotopic (exact) mass is 301 g/mol. The molecule has 0 N–H and O–H groups in total. The Balaban J connectivity index is 0.000000364. The molecule has 0 saturated heterocycles. The Kier molecular flexibility index (Phi) is 9.62. The Morgan fingerprint density at radius 1 is 1.07 bits per heavy atom. The Morgan fingerprint density at radius 2 is 1.50 bits per heavy atom. The molecule has 0 unspecified atom stereocenters. The van der Waals surface area contributed by atoms with Gasteiger partial charge in [0.1, 0.15) is 0 Å². The van der Waals surface area contributed by atoms with Crippen LogP contribution in [-0.2, 0) is 0 Å². The van der Waals surface area contributed by atoms with Gasteiger partial charge in [0.15, 0.2) is 0 Å². The standard InChI is InChI=1S/C9H19N.3CH3.In/c1-10(2)8-7-9-5-3-4-6-9;;;;/h9H,3-8H2,1-2H3;3*1H3;. The van der Waals surface area contributed by atoms with Crippen molar-refractivity contribution in [3.63, 3.8) is 0 Å². The van der Waals surface area contributed by atoms with E-state index in [0.717, 1.165) is 5.92 Å². The van der Waals surface area contributed by atoms with E-state index in [4.69, 9.17) is 0 Å². The van der Waals surface area contributed by atoms with Crippen LogP contribution in [0.25, 0.3) is 0 Å². The zero-order chi connectivity index (χ0) is 11.0. The minimum absolute atomic E-state index is 0.637. The molecule has 1 nitrogen and oxygen atoms in total. The fraction of sp³-hybridized carbons (Fsp3) is 1.00. The van der Waals surface area contributed by atoms with Gasteiger partial charge in [0.05, 0.1) is 0 Å². The molecular weight excluding hydrogens is 273 g/mol. The normalized spacial score (nSPS) is 16.7. The van der Waals surface area contributed by atoms with Gasteiger partial charge in [-0.15, -0.1) is 0 Å². The van der Waals surface area contributed by atoms with Crippen LogP contribution in [-0.4, -0.2) is 47.0 Å². The van der Waals surface area contributed by atoms with Crippen LogP contribution in [0.4, 0.5) is 0 Å². The summed E-state index contributed by atoms with van der Waals surface area (Å²) in [7, 11) is 4.32. The summed E-state index contributed by atoms with van der Waals surface area (Å²) < 4.78 is 7.13. The summed E-state index contributed by atoms with van der Waals surface area (Å²) in [4.78, 5) is 2.29. The Hall–Kier alpha value is 0.830. The summed E-state index contributed by atoms with van der Waals surface area (Å²) in [6.45, 7) is 1.28. The van der Waals surface area contributed by atoms with Crippen LogP contribution in [0.15, 0.2) is 0 Å². The van der Waals surface area contributed by atoms with Crippen LogP contribution >= 0.6 is 0 Å². The molecule has 0 aliphatic heterocycles. The van der Waals surface area contributed by atoms with E-state index in [1.807, 2.05) is 0 Å². The van der Waals surface area contributed by atoms with Crippen molar-refractivity contribution in [2.24, 2.45) is 5.92 Å². The van der Waals surface area contributed by atoms with Crippen molar-refractivity contribution in [3.05, 3.63) is 0 Å². The first-order chi connectivity index (χ1) is 6.52. The Morgan fingerprint density at radius 3 is 1.86 bits per heavy atom. The predicted molar refractivity (Wildman–Crippen MR) is 68.5 cm³/mol. The van der Waals surface area contributed by atoms with Gasteiger partial charge in [0.2, 0.25) is 0 Å². The van der Waals surface area contributed by atoms with Gasteiger partial charge in [-0.1, -0.05) is 25.7 Å². The van der Waals surface area contributed by atoms with Crippen LogP contribution in [0.1, 0.15) is 32.1 Å². The third-order valence-electron chi connectivity index (χ3n) is 2.46. The fourth-order valence-electron chi connectivity index (χ4n) is 1.74. The predicted octanol–water partition coefficient (Wildman–Crippen LogP) is 3.50. The molecule has 1 aliphatic carbocycles. The summed E-state index contributed by atoms with van der Waals surface area (Å²) >= 11 is -0.637. The molecule has 1 aliphatic rings. The molecular formula is C12H28InN. The molecule has 0 radical (unpaired) electrons. The SMILES string of the molecule is CN(C)CCC1CCCC1.[CH3][In]([CH3])[CH3]. The molecule has 14 heavy (non-hydrogen) atoms. The summed E-state index contributed by atoms with van der Waals surface area (Å²) in [5, 5.41) is 0. The zero-order valence-corrected chi connectivity index (χ0v) is 14.1. The molecule has 0 aromatic rings. The van der Waals surface area contributed by atoms with Crippen molar-refractivity contribution in [2.45, 2.75) is 46.1 Å². The average molecular weight is 301 g/mol. The van der Waals surface area contributed by atoms with Crippen molar-refractivity contribution in [3.8, 4) is 0 Å². The fourth-order valence-corrected chi connectivity index (χ4v) is 1.74. The first-order valence-corrected chi connectivity index (χ1v) is 16.1. The van der Waals surface area contributed by atoms with Crippen LogP contribution in [0.5, 0.6) is 0 Å². The van der Waals surface area contributed by atoms with Gasteiger partial charge in [-0.25, -0.2) is 0 Å². The van der Waals surface area contributed by atoms with Crippen LogP contribution in [0.3, 0.4) is 0 Å². The zero-order valence-electron chi connectivity index (χ0n) is 10.8. The van der Waals surface area contributed by atoms with Gasteiger partial charge >= 0.3 is 35.5 Å². The molecule has 0 aromatic heterocycles. The molecule has 0 bridgehead atoms. The molecule has 0 spiro atoms. The third kappa shape index (κ3) is 10.9. The molecule has 0 heterocycles. The molecule has 0 aromatic carbocycles. The molecule has 1 rings (SSSR count). The average Bonchev–Trinajstić information content (AvgIpc) is 2.51. The Labute approximate surface area is 98.8 Å². The van der Waals surface area contributed by atoms with Gasteiger partial charge in [0, 0.05) is 0 Å². The summed E-state index contributed by atoms with van der Waals surface area (Å²) in [5.74, 6) is 1.06. The maximum atomic E-state index is 2.38. The molecule has 84 valence electrons. The van der Waals surface area contributed by atoms with Crippen LogP contribution in [0.2, 0.25) is 14.0 Å². The summed E-state index contributed by atoms with van der Waals surface area (Å²) in [5.41, 5.74) is 0. The van der Waals surface area contributed by atoms with Gasteiger partial charge in [-0.3, -0.25) is 0 Å². The van der Waals surface area contributed by atoms with E-state index in [9.17, 15) is 0 Å². The summed E-state index contributed by atoms with van der Waals surface area (Å²) in [6.07, 6.45) is 7.38. The van der Waals surface area contributed by atoms with Gasteiger partial charge in [-0.05, 0) is 33.0 Å². The van der Waals surface area contributed by atoms with Crippen molar-refractivity contribution in [2.75, 3.05) is 20.6 Å². The summed E-state index contributed by atoms with van der Waals surface area (Å²) in [6, 6.07) is 0. The maximum absolute atomic E-state index is 2.38. The number of nitrogens with zero attached hydrogens (tertiary/aromatic N) is 1. The van der Waals surface area contributed by atoms with E-state index in [-0.39, 0.29) is 0 Å². The molecule has 0 amide bonds. The minimum atomic E-state index is -0.637. The van der Waals surface area contributed by atoms with E-state index in [0.29, 0.717) is 0 Å². The van der Waals surface area contributed by atoms with E-state index < -0.39 is 21.4 Å². The molecule has 1 saturated carbocycles. The number of hydrogen-bond donors (Lipinski definition) is 0. The topological polar surface area (TPSA) is 3.24 Å². The van der Waals surface area contributed by atoms with Gasteiger partial charge in [-0.2, -0.15) is 0 Å². The van der Waals surface area contributed by atoms with E-state index in [1.165, 1.54) is 38.6 Å². The van der Waals surface area contributed by atoms with Gasteiger partial charge < -0.3 is 4.90 Å². The van der Waals surface area contributed by atoms with Crippen molar-refractivity contribution >= 4 is 21.4 Å². The number of rotatable bonds is 3. The second-order valence-electron chi connectivity index (χ2n) is 5.47. The molecule has 1 fully saturated rings. The van der Waals surface area contributed by atoms with Crippen molar-refractivity contribution < 1.29 is 0 Å². The first kappa shape index (κ1) is 14.8. The van der Waals surface area contributed by atoms with Crippen molar-refractivity contribution in [1.29, 1.82) is 0 Å². The first-order valence-electron chi connectivity index (χ1n) is 6.17. The number of hydrogen-bond acceptors (Lipinski definition) is 1. The van der Waals surface area contributed by atoms with Crippen molar-refractivity contribution in [1.82, 2.24) is 4.90 Å². The molecule has 2 heteroatoms. The quantitative estimate of drug-likeness (QED) is 0.771. The van der Waals surface area contributed by atoms with E-state index >= 15 is 0 Å². The van der Waals surface area contributed by atoms with Crippen LogP contribution in [0, 0.1) is 5.92 Å². The Bertz CT molecular complexity index is 115. The third-order valence-corrected chi connectivity index (χ3v) is 2.46.